The lowest BCUT2D eigenvalue weighted by atomic mass is 9.91. The Labute approximate surface area is 127 Å². The van der Waals surface area contributed by atoms with Gasteiger partial charge in [-0.1, -0.05) is 25.1 Å². The molecule has 3 nitrogen and oxygen atoms in total. The predicted octanol–water partition coefficient (Wildman–Crippen LogP) is 2.48. The van der Waals surface area contributed by atoms with Crippen LogP contribution in [0.15, 0.2) is 24.3 Å². The van der Waals surface area contributed by atoms with E-state index in [2.05, 4.69) is 41.4 Å². The summed E-state index contributed by atoms with van der Waals surface area (Å²) in [6.07, 6.45) is 2.45. The summed E-state index contributed by atoms with van der Waals surface area (Å²) in [4.78, 5) is 2.78. The van der Waals surface area contributed by atoms with E-state index in [9.17, 15) is 0 Å². The molecule has 4 rings (SSSR count). The summed E-state index contributed by atoms with van der Waals surface area (Å²) in [5.41, 5.74) is 1.42. The minimum atomic E-state index is 0.649. The zero-order valence-corrected chi connectivity index (χ0v) is 12.9. The van der Waals surface area contributed by atoms with Crippen molar-refractivity contribution >= 4 is 0 Å². The Morgan fingerprint density at radius 2 is 2.19 bits per heavy atom. The number of fused-ring (bicyclic) bond motifs is 2. The van der Waals surface area contributed by atoms with Crippen LogP contribution in [0.3, 0.4) is 0 Å². The summed E-state index contributed by atoms with van der Waals surface area (Å²) < 4.78 is 5.82. The molecule has 2 saturated heterocycles. The topological polar surface area (TPSA) is 24.5 Å². The predicted molar refractivity (Wildman–Crippen MR) is 84.8 cm³/mol. The molecule has 0 saturated carbocycles. The fourth-order valence-corrected chi connectivity index (χ4v) is 4.77. The van der Waals surface area contributed by atoms with Crippen molar-refractivity contribution in [3.8, 4) is 5.75 Å². The van der Waals surface area contributed by atoms with Gasteiger partial charge in [0.1, 0.15) is 5.75 Å². The number of hydrogen-bond donors (Lipinski definition) is 1. The minimum Gasteiger partial charge on any atom is -0.493 e. The summed E-state index contributed by atoms with van der Waals surface area (Å²) in [6, 6.07) is 9.41. The largest absolute Gasteiger partial charge is 0.493 e. The molecule has 21 heavy (non-hydrogen) atoms. The summed E-state index contributed by atoms with van der Waals surface area (Å²) in [6.45, 7) is 8.19. The fraction of sp³-hybridized carbons (Fsp3) is 0.667. The summed E-state index contributed by atoms with van der Waals surface area (Å²) in [7, 11) is 0. The number of rotatable bonds is 3. The lowest BCUT2D eigenvalue weighted by molar-refractivity contribution is 0.181. The molecule has 4 unspecified atom stereocenters. The summed E-state index contributed by atoms with van der Waals surface area (Å²) in [5.74, 6) is 3.52. The third kappa shape index (κ3) is 2.36. The first-order valence-corrected chi connectivity index (χ1v) is 8.53. The van der Waals surface area contributed by atoms with E-state index in [-0.39, 0.29) is 0 Å². The third-order valence-electron chi connectivity index (χ3n) is 5.78. The van der Waals surface area contributed by atoms with Crippen LogP contribution in [0, 0.1) is 11.8 Å². The Balaban J connectivity index is 1.52. The van der Waals surface area contributed by atoms with Crippen molar-refractivity contribution in [2.45, 2.75) is 31.7 Å². The molecule has 0 aromatic heterocycles. The van der Waals surface area contributed by atoms with Gasteiger partial charge in [0.2, 0.25) is 0 Å². The van der Waals surface area contributed by atoms with Crippen LogP contribution in [0.1, 0.15) is 31.2 Å². The van der Waals surface area contributed by atoms with Gasteiger partial charge in [0, 0.05) is 25.0 Å². The number of ether oxygens (including phenoxy) is 1. The Kier molecular flexibility index (Phi) is 3.64. The van der Waals surface area contributed by atoms with Crippen molar-refractivity contribution in [3.05, 3.63) is 29.8 Å². The van der Waals surface area contributed by atoms with E-state index >= 15 is 0 Å². The quantitative estimate of drug-likeness (QED) is 0.924. The lowest BCUT2D eigenvalue weighted by Crippen LogP contribution is -2.38. The van der Waals surface area contributed by atoms with Crippen molar-refractivity contribution in [3.63, 3.8) is 0 Å². The van der Waals surface area contributed by atoms with E-state index in [0.29, 0.717) is 5.92 Å². The van der Waals surface area contributed by atoms with Crippen LogP contribution < -0.4 is 10.1 Å². The Morgan fingerprint density at radius 1 is 1.29 bits per heavy atom. The number of para-hydroxylation sites is 1. The van der Waals surface area contributed by atoms with Crippen molar-refractivity contribution in [2.75, 3.05) is 32.8 Å². The Hall–Kier alpha value is -1.06. The Morgan fingerprint density at radius 3 is 3.10 bits per heavy atom. The van der Waals surface area contributed by atoms with Crippen LogP contribution in [-0.4, -0.2) is 43.7 Å². The highest BCUT2D eigenvalue weighted by molar-refractivity contribution is 5.38. The molecule has 0 bridgehead atoms. The van der Waals surface area contributed by atoms with Gasteiger partial charge in [0.05, 0.1) is 6.61 Å². The maximum atomic E-state index is 5.82. The fourth-order valence-electron chi connectivity index (χ4n) is 4.77. The SMILES string of the molecule is CCC1C2CNCC2CN1CC1CCOc2ccccc21. The number of nitrogens with one attached hydrogen (secondary N) is 1. The second kappa shape index (κ2) is 5.62. The van der Waals surface area contributed by atoms with Gasteiger partial charge in [0.25, 0.3) is 0 Å². The second-order valence-corrected chi connectivity index (χ2v) is 6.88. The van der Waals surface area contributed by atoms with Crippen molar-refractivity contribution in [2.24, 2.45) is 11.8 Å². The van der Waals surface area contributed by atoms with E-state index in [1.165, 1.54) is 38.2 Å². The number of nitrogens with zero attached hydrogens (tertiary/aromatic N) is 1. The van der Waals surface area contributed by atoms with Crippen LogP contribution in [0.4, 0.5) is 0 Å². The Bertz CT molecular complexity index is 504. The molecule has 3 heterocycles. The first kappa shape index (κ1) is 13.6. The van der Waals surface area contributed by atoms with E-state index in [0.717, 1.165) is 36.7 Å². The van der Waals surface area contributed by atoms with Gasteiger partial charge in [0.15, 0.2) is 0 Å². The molecule has 1 aromatic rings. The maximum Gasteiger partial charge on any atom is 0.122 e. The minimum absolute atomic E-state index is 0.649. The average molecular weight is 286 g/mol. The summed E-state index contributed by atoms with van der Waals surface area (Å²) in [5, 5.41) is 3.58. The van der Waals surface area contributed by atoms with Crippen LogP contribution in [0.5, 0.6) is 5.75 Å². The van der Waals surface area contributed by atoms with E-state index in [4.69, 9.17) is 4.74 Å². The van der Waals surface area contributed by atoms with Crippen LogP contribution in [0.25, 0.3) is 0 Å². The molecule has 0 radical (unpaired) electrons. The smallest absolute Gasteiger partial charge is 0.122 e. The lowest BCUT2D eigenvalue weighted by Gasteiger charge is -2.33. The molecule has 0 aliphatic carbocycles. The van der Waals surface area contributed by atoms with Gasteiger partial charge in [-0.3, -0.25) is 4.90 Å². The summed E-state index contributed by atoms with van der Waals surface area (Å²) >= 11 is 0. The zero-order chi connectivity index (χ0) is 14.2. The first-order chi connectivity index (χ1) is 10.4. The molecule has 3 aliphatic rings. The van der Waals surface area contributed by atoms with Crippen molar-refractivity contribution < 1.29 is 4.74 Å². The van der Waals surface area contributed by atoms with Gasteiger partial charge >= 0.3 is 0 Å². The normalized spacial score (nSPS) is 35.3. The molecule has 114 valence electrons. The monoisotopic (exact) mass is 286 g/mol. The number of benzene rings is 1. The molecule has 3 heteroatoms. The van der Waals surface area contributed by atoms with Crippen LogP contribution in [-0.2, 0) is 0 Å². The highest BCUT2D eigenvalue weighted by Gasteiger charge is 2.43. The highest BCUT2D eigenvalue weighted by Crippen LogP contribution is 2.39. The second-order valence-electron chi connectivity index (χ2n) is 6.88. The maximum absolute atomic E-state index is 5.82. The standard InChI is InChI=1S/C18H26N2O/c1-2-17-16-10-19-9-14(16)12-20(17)11-13-7-8-21-18-6-4-3-5-15(13)18/h3-6,13-14,16-17,19H,2,7-12H2,1H3. The van der Waals surface area contributed by atoms with Gasteiger partial charge in [-0.25, -0.2) is 0 Å². The highest BCUT2D eigenvalue weighted by atomic mass is 16.5. The molecule has 0 amide bonds. The third-order valence-corrected chi connectivity index (χ3v) is 5.78. The molecule has 2 fully saturated rings. The van der Waals surface area contributed by atoms with E-state index in [1.807, 2.05) is 0 Å². The molecule has 1 N–H and O–H groups in total. The average Bonchev–Trinajstić information content (AvgIpc) is 3.08. The van der Waals surface area contributed by atoms with E-state index in [1.54, 1.807) is 0 Å². The molecule has 1 aromatic carbocycles. The molecular weight excluding hydrogens is 260 g/mol. The zero-order valence-electron chi connectivity index (χ0n) is 12.9. The number of hydrogen-bond acceptors (Lipinski definition) is 3. The van der Waals surface area contributed by atoms with Crippen LogP contribution in [0.2, 0.25) is 0 Å². The molecule has 3 aliphatic heterocycles. The first-order valence-electron chi connectivity index (χ1n) is 8.53. The van der Waals surface area contributed by atoms with Gasteiger partial charge < -0.3 is 10.1 Å². The van der Waals surface area contributed by atoms with Crippen LogP contribution >= 0.6 is 0 Å². The van der Waals surface area contributed by atoms with Crippen molar-refractivity contribution in [1.29, 1.82) is 0 Å². The number of likely N-dealkylation sites (tertiary alicyclic amines) is 1. The molecule has 0 spiro atoms. The molecular formula is C18H26N2O. The van der Waals surface area contributed by atoms with Gasteiger partial charge in [-0.2, -0.15) is 0 Å². The molecule has 4 atom stereocenters. The van der Waals surface area contributed by atoms with Gasteiger partial charge in [-0.05, 0) is 49.4 Å². The van der Waals surface area contributed by atoms with Crippen molar-refractivity contribution in [1.82, 2.24) is 10.2 Å². The van der Waals surface area contributed by atoms with E-state index < -0.39 is 0 Å². The van der Waals surface area contributed by atoms with Gasteiger partial charge in [-0.15, -0.1) is 0 Å².